The van der Waals surface area contributed by atoms with Gasteiger partial charge in [0.1, 0.15) is 17.1 Å². The molecule has 0 saturated carbocycles. The maximum absolute atomic E-state index is 13.3. The second kappa shape index (κ2) is 5.94. The Balaban J connectivity index is 2.15. The summed E-state index contributed by atoms with van der Waals surface area (Å²) in [5, 5.41) is 9.12. The number of halogens is 1. The number of nitrogens with two attached hydrogens (primary N) is 1. The number of allylic oxidation sites excluding steroid dienone is 2. The minimum Gasteiger partial charge on any atom is -0.492 e. The number of nitrogen functional groups attached to an aromatic ring is 1. The zero-order valence-corrected chi connectivity index (χ0v) is 11.3. The monoisotopic (exact) mass is 279 g/mol. The molecule has 0 radical (unpaired) electrons. The SMILES string of the molecule is CC1CC=CCC1COc1ccc(F)c(N)c1C(=O)O. The van der Waals surface area contributed by atoms with E-state index in [2.05, 4.69) is 19.1 Å². The Morgan fingerprint density at radius 2 is 2.15 bits per heavy atom. The fraction of sp³-hybridized carbons (Fsp3) is 0.400. The topological polar surface area (TPSA) is 72.5 Å². The van der Waals surface area contributed by atoms with Gasteiger partial charge < -0.3 is 15.6 Å². The van der Waals surface area contributed by atoms with E-state index in [1.807, 2.05) is 0 Å². The van der Waals surface area contributed by atoms with Crippen molar-refractivity contribution in [3.63, 3.8) is 0 Å². The Morgan fingerprint density at radius 3 is 2.80 bits per heavy atom. The first-order valence-electron chi connectivity index (χ1n) is 6.59. The lowest BCUT2D eigenvalue weighted by Gasteiger charge is -2.25. The van der Waals surface area contributed by atoms with Crippen molar-refractivity contribution in [3.05, 3.63) is 35.7 Å². The van der Waals surface area contributed by atoms with Gasteiger partial charge in [0.25, 0.3) is 0 Å². The fourth-order valence-electron chi connectivity index (χ4n) is 2.35. The average molecular weight is 279 g/mol. The molecule has 0 heterocycles. The Kier molecular flexibility index (Phi) is 4.27. The van der Waals surface area contributed by atoms with E-state index < -0.39 is 11.8 Å². The van der Waals surface area contributed by atoms with E-state index in [0.717, 1.165) is 18.9 Å². The van der Waals surface area contributed by atoms with Gasteiger partial charge in [0.05, 0.1) is 12.3 Å². The van der Waals surface area contributed by atoms with Gasteiger partial charge in [-0.1, -0.05) is 19.1 Å². The van der Waals surface area contributed by atoms with Crippen LogP contribution in [0, 0.1) is 17.7 Å². The summed E-state index contributed by atoms with van der Waals surface area (Å²) >= 11 is 0. The standard InChI is InChI=1S/C15H18FNO3/c1-9-4-2-3-5-10(9)8-20-12-7-6-11(16)14(17)13(12)15(18)19/h2-3,6-7,9-10H,4-5,8,17H2,1H3,(H,18,19). The highest BCUT2D eigenvalue weighted by Crippen LogP contribution is 2.30. The maximum Gasteiger partial charge on any atom is 0.341 e. The summed E-state index contributed by atoms with van der Waals surface area (Å²) in [6, 6.07) is 2.44. The summed E-state index contributed by atoms with van der Waals surface area (Å²) in [5.74, 6) is -1.10. The summed E-state index contributed by atoms with van der Waals surface area (Å²) in [6.45, 7) is 2.53. The highest BCUT2D eigenvalue weighted by atomic mass is 19.1. The molecule has 1 aliphatic rings. The largest absolute Gasteiger partial charge is 0.492 e. The van der Waals surface area contributed by atoms with Crippen LogP contribution in [0.15, 0.2) is 24.3 Å². The van der Waals surface area contributed by atoms with Crippen molar-refractivity contribution < 1.29 is 19.0 Å². The number of aromatic carboxylic acids is 1. The third-order valence-electron chi connectivity index (χ3n) is 3.74. The summed E-state index contributed by atoms with van der Waals surface area (Å²) < 4.78 is 18.9. The van der Waals surface area contributed by atoms with Crippen LogP contribution in [0.3, 0.4) is 0 Å². The van der Waals surface area contributed by atoms with Gasteiger partial charge in [-0.3, -0.25) is 0 Å². The van der Waals surface area contributed by atoms with Crippen molar-refractivity contribution in [1.82, 2.24) is 0 Å². The number of carbonyl (C=O) groups is 1. The lowest BCUT2D eigenvalue weighted by molar-refractivity contribution is 0.0691. The van der Waals surface area contributed by atoms with Gasteiger partial charge in [-0.2, -0.15) is 0 Å². The number of carboxylic acid groups (broad SMARTS) is 1. The second-order valence-electron chi connectivity index (χ2n) is 5.13. The summed E-state index contributed by atoms with van der Waals surface area (Å²) in [5.41, 5.74) is 4.79. The van der Waals surface area contributed by atoms with Crippen LogP contribution in [0.5, 0.6) is 5.75 Å². The molecule has 1 aromatic rings. The average Bonchev–Trinajstić information content (AvgIpc) is 2.41. The van der Waals surface area contributed by atoms with Gasteiger partial charge in [0, 0.05) is 0 Å². The molecule has 1 aromatic carbocycles. The van der Waals surface area contributed by atoms with E-state index in [-0.39, 0.29) is 17.0 Å². The summed E-state index contributed by atoms with van der Waals surface area (Å²) in [4.78, 5) is 11.2. The van der Waals surface area contributed by atoms with Crippen LogP contribution >= 0.6 is 0 Å². The van der Waals surface area contributed by atoms with Gasteiger partial charge in [-0.25, -0.2) is 9.18 Å². The number of rotatable bonds is 4. The molecular formula is C15H18FNO3. The molecule has 0 amide bonds. The minimum absolute atomic E-state index is 0.123. The number of benzene rings is 1. The van der Waals surface area contributed by atoms with E-state index in [0.29, 0.717) is 18.4 Å². The molecular weight excluding hydrogens is 261 g/mol. The quantitative estimate of drug-likeness (QED) is 0.656. The minimum atomic E-state index is -1.28. The molecule has 3 N–H and O–H groups in total. The summed E-state index contributed by atoms with van der Waals surface area (Å²) in [7, 11) is 0. The van der Waals surface area contributed by atoms with Crippen LogP contribution < -0.4 is 10.5 Å². The number of ether oxygens (including phenoxy) is 1. The van der Waals surface area contributed by atoms with Crippen LogP contribution in [0.25, 0.3) is 0 Å². The first-order valence-corrected chi connectivity index (χ1v) is 6.59. The number of hydrogen-bond donors (Lipinski definition) is 2. The van der Waals surface area contributed by atoms with Crippen molar-refractivity contribution in [1.29, 1.82) is 0 Å². The van der Waals surface area contributed by atoms with Gasteiger partial charge in [0.15, 0.2) is 0 Å². The molecule has 108 valence electrons. The summed E-state index contributed by atoms with van der Waals surface area (Å²) in [6.07, 6.45) is 6.14. The predicted molar refractivity (Wildman–Crippen MR) is 74.3 cm³/mol. The molecule has 2 unspecified atom stereocenters. The first-order chi connectivity index (χ1) is 9.50. The van der Waals surface area contributed by atoms with Crippen LogP contribution in [0.2, 0.25) is 0 Å². The van der Waals surface area contributed by atoms with E-state index >= 15 is 0 Å². The third kappa shape index (κ3) is 2.92. The van der Waals surface area contributed by atoms with Crippen LogP contribution in [-0.2, 0) is 0 Å². The zero-order valence-electron chi connectivity index (χ0n) is 11.3. The molecule has 0 bridgehead atoms. The van der Waals surface area contributed by atoms with Crippen molar-refractivity contribution >= 4 is 11.7 Å². The molecule has 0 saturated heterocycles. The number of carboxylic acids is 1. The van der Waals surface area contributed by atoms with Crippen molar-refractivity contribution in [2.75, 3.05) is 12.3 Å². The maximum atomic E-state index is 13.3. The van der Waals surface area contributed by atoms with Crippen molar-refractivity contribution in [2.24, 2.45) is 11.8 Å². The predicted octanol–water partition coefficient (Wildman–Crippen LogP) is 3.09. The first kappa shape index (κ1) is 14.4. The van der Waals surface area contributed by atoms with E-state index in [1.165, 1.54) is 6.07 Å². The van der Waals surface area contributed by atoms with Crippen LogP contribution in [0.1, 0.15) is 30.1 Å². The molecule has 0 spiro atoms. The second-order valence-corrected chi connectivity index (χ2v) is 5.13. The van der Waals surface area contributed by atoms with Crippen LogP contribution in [0.4, 0.5) is 10.1 Å². The van der Waals surface area contributed by atoms with Gasteiger partial charge >= 0.3 is 5.97 Å². The molecule has 4 nitrogen and oxygen atoms in total. The molecule has 0 aromatic heterocycles. The number of hydrogen-bond acceptors (Lipinski definition) is 3. The molecule has 20 heavy (non-hydrogen) atoms. The number of anilines is 1. The van der Waals surface area contributed by atoms with Crippen molar-refractivity contribution in [3.8, 4) is 5.75 Å². The normalized spacial score (nSPS) is 21.7. The van der Waals surface area contributed by atoms with Crippen molar-refractivity contribution in [2.45, 2.75) is 19.8 Å². The molecule has 2 rings (SSSR count). The molecule has 1 aliphatic carbocycles. The Hall–Kier alpha value is -2.04. The molecule has 0 aliphatic heterocycles. The molecule has 0 fully saturated rings. The van der Waals surface area contributed by atoms with E-state index in [9.17, 15) is 9.18 Å². The lowest BCUT2D eigenvalue weighted by Crippen LogP contribution is -2.22. The zero-order chi connectivity index (χ0) is 14.7. The third-order valence-corrected chi connectivity index (χ3v) is 3.74. The smallest absolute Gasteiger partial charge is 0.341 e. The highest BCUT2D eigenvalue weighted by Gasteiger charge is 2.22. The van der Waals surface area contributed by atoms with Crippen LogP contribution in [-0.4, -0.2) is 17.7 Å². The Labute approximate surface area is 117 Å². The Morgan fingerprint density at radius 1 is 1.45 bits per heavy atom. The lowest BCUT2D eigenvalue weighted by atomic mass is 9.85. The highest BCUT2D eigenvalue weighted by molar-refractivity contribution is 5.96. The van der Waals surface area contributed by atoms with E-state index in [4.69, 9.17) is 15.6 Å². The molecule has 5 heteroatoms. The Bertz CT molecular complexity index is 542. The van der Waals surface area contributed by atoms with Gasteiger partial charge in [0.2, 0.25) is 0 Å². The van der Waals surface area contributed by atoms with Gasteiger partial charge in [-0.05, 0) is 36.8 Å². The van der Waals surface area contributed by atoms with Gasteiger partial charge in [-0.15, -0.1) is 0 Å². The fourth-order valence-corrected chi connectivity index (χ4v) is 2.35. The van der Waals surface area contributed by atoms with E-state index in [1.54, 1.807) is 0 Å². The molecule has 2 atom stereocenters.